The van der Waals surface area contributed by atoms with Gasteiger partial charge in [-0.25, -0.2) is 0 Å². The topological polar surface area (TPSA) is 59.4 Å². The van der Waals surface area contributed by atoms with Crippen LogP contribution in [0, 0.1) is 5.92 Å². The summed E-state index contributed by atoms with van der Waals surface area (Å²) in [5, 5.41) is 7.66. The van der Waals surface area contributed by atoms with Gasteiger partial charge in [-0.3, -0.25) is 9.48 Å². The number of hydrogen-bond donors (Lipinski definition) is 1. The highest BCUT2D eigenvalue weighted by molar-refractivity contribution is 5.85. The summed E-state index contributed by atoms with van der Waals surface area (Å²) in [6, 6.07) is 8.23. The van der Waals surface area contributed by atoms with Crippen LogP contribution in [0.2, 0.25) is 0 Å². The number of aryl methyl sites for hydroxylation is 1. The molecule has 2 fully saturated rings. The van der Waals surface area contributed by atoms with Crippen molar-refractivity contribution >= 4 is 18.3 Å². The quantitative estimate of drug-likeness (QED) is 0.869. The van der Waals surface area contributed by atoms with E-state index in [0.717, 1.165) is 43.9 Å². The molecule has 2 aliphatic rings. The highest BCUT2D eigenvalue weighted by Crippen LogP contribution is 2.33. The lowest BCUT2D eigenvalue weighted by Gasteiger charge is -2.24. The van der Waals surface area contributed by atoms with Crippen molar-refractivity contribution in [3.05, 3.63) is 47.8 Å². The summed E-state index contributed by atoms with van der Waals surface area (Å²) in [6.45, 7) is 3.24. The van der Waals surface area contributed by atoms with E-state index in [2.05, 4.69) is 27.4 Å². The van der Waals surface area contributed by atoms with Gasteiger partial charge in [-0.15, -0.1) is 12.4 Å². The average molecular weight is 391 g/mol. The Balaban J connectivity index is 0.00000210. The molecule has 3 atom stereocenters. The van der Waals surface area contributed by atoms with Crippen LogP contribution < -0.4 is 10.1 Å². The van der Waals surface area contributed by atoms with Crippen molar-refractivity contribution < 1.29 is 9.53 Å². The van der Waals surface area contributed by atoms with Gasteiger partial charge >= 0.3 is 0 Å². The number of nitrogens with one attached hydrogen (secondary N) is 1. The number of amides is 1. The van der Waals surface area contributed by atoms with Gasteiger partial charge in [0.2, 0.25) is 5.91 Å². The number of benzene rings is 1. The summed E-state index contributed by atoms with van der Waals surface area (Å²) < 4.78 is 7.05. The van der Waals surface area contributed by atoms with Gasteiger partial charge in [-0.1, -0.05) is 12.1 Å². The average Bonchev–Trinajstić information content (AvgIpc) is 3.41. The number of rotatable bonds is 4. The maximum atomic E-state index is 13.2. The minimum Gasteiger partial charge on any atom is -0.497 e. The molecule has 1 aromatic heterocycles. The molecular formula is C20H27ClN4O2. The van der Waals surface area contributed by atoms with Gasteiger partial charge < -0.3 is 15.0 Å². The minimum atomic E-state index is 0. The van der Waals surface area contributed by atoms with E-state index >= 15 is 0 Å². The smallest absolute Gasteiger partial charge is 0.227 e. The number of hydrogen-bond acceptors (Lipinski definition) is 4. The fraction of sp³-hybridized carbons (Fsp3) is 0.500. The molecule has 0 bridgehead atoms. The highest BCUT2D eigenvalue weighted by Gasteiger charge is 2.39. The molecule has 2 saturated heterocycles. The Kier molecular flexibility index (Phi) is 6.07. The van der Waals surface area contributed by atoms with Crippen molar-refractivity contribution in [2.75, 3.05) is 33.3 Å². The van der Waals surface area contributed by atoms with Gasteiger partial charge in [0.1, 0.15) is 5.75 Å². The molecule has 1 aromatic carbocycles. The summed E-state index contributed by atoms with van der Waals surface area (Å²) in [4.78, 5) is 15.2. The van der Waals surface area contributed by atoms with E-state index in [4.69, 9.17) is 4.74 Å². The van der Waals surface area contributed by atoms with Crippen LogP contribution in [0.15, 0.2) is 36.7 Å². The minimum absolute atomic E-state index is 0. The number of halogens is 1. The van der Waals surface area contributed by atoms with Crippen molar-refractivity contribution in [2.24, 2.45) is 13.0 Å². The molecule has 2 aromatic rings. The maximum Gasteiger partial charge on any atom is 0.227 e. The Morgan fingerprint density at radius 1 is 1.22 bits per heavy atom. The van der Waals surface area contributed by atoms with E-state index in [1.807, 2.05) is 36.3 Å². The third kappa shape index (κ3) is 3.96. The molecule has 2 aliphatic heterocycles. The molecule has 3 heterocycles. The van der Waals surface area contributed by atoms with Crippen LogP contribution in [-0.4, -0.2) is 53.9 Å². The Morgan fingerprint density at radius 2 is 2.00 bits per heavy atom. The summed E-state index contributed by atoms with van der Waals surface area (Å²) in [5.41, 5.74) is 2.44. The third-order valence-electron chi connectivity index (χ3n) is 5.77. The molecule has 7 heteroatoms. The van der Waals surface area contributed by atoms with Gasteiger partial charge in [0.05, 0.1) is 19.2 Å². The maximum absolute atomic E-state index is 13.2. The van der Waals surface area contributed by atoms with Crippen LogP contribution in [0.1, 0.15) is 29.4 Å². The van der Waals surface area contributed by atoms with E-state index < -0.39 is 0 Å². The molecule has 1 N–H and O–H groups in total. The zero-order valence-electron chi connectivity index (χ0n) is 15.8. The van der Waals surface area contributed by atoms with Gasteiger partial charge in [-0.2, -0.15) is 5.10 Å². The normalized spacial score (nSPS) is 24.7. The monoisotopic (exact) mass is 390 g/mol. The molecule has 0 aliphatic carbocycles. The Labute approximate surface area is 166 Å². The van der Waals surface area contributed by atoms with Crippen LogP contribution in [0.4, 0.5) is 0 Å². The fourth-order valence-electron chi connectivity index (χ4n) is 4.26. The first-order chi connectivity index (χ1) is 12.7. The second kappa shape index (κ2) is 8.31. The van der Waals surface area contributed by atoms with Gasteiger partial charge in [0.25, 0.3) is 0 Å². The number of nitrogens with zero attached hydrogens (tertiary/aromatic N) is 3. The Morgan fingerprint density at radius 3 is 2.67 bits per heavy atom. The van der Waals surface area contributed by atoms with E-state index in [-0.39, 0.29) is 30.2 Å². The number of carbonyl (C=O) groups is 1. The van der Waals surface area contributed by atoms with Crippen molar-refractivity contribution in [3.8, 4) is 5.75 Å². The number of ether oxygens (including phenoxy) is 1. The zero-order valence-corrected chi connectivity index (χ0v) is 16.6. The van der Waals surface area contributed by atoms with E-state index in [1.54, 1.807) is 7.11 Å². The summed E-state index contributed by atoms with van der Waals surface area (Å²) in [6.07, 6.45) is 4.94. The first-order valence-corrected chi connectivity index (χ1v) is 9.27. The molecule has 4 rings (SSSR count). The van der Waals surface area contributed by atoms with E-state index in [0.29, 0.717) is 5.92 Å². The van der Waals surface area contributed by atoms with Gasteiger partial charge in [0.15, 0.2) is 0 Å². The van der Waals surface area contributed by atoms with Crippen LogP contribution in [0.25, 0.3) is 0 Å². The Hall–Kier alpha value is -2.05. The summed E-state index contributed by atoms with van der Waals surface area (Å²) in [7, 11) is 3.60. The van der Waals surface area contributed by atoms with Crippen molar-refractivity contribution in [3.63, 3.8) is 0 Å². The summed E-state index contributed by atoms with van der Waals surface area (Å²) >= 11 is 0. The van der Waals surface area contributed by atoms with Crippen LogP contribution >= 0.6 is 12.4 Å². The van der Waals surface area contributed by atoms with Gasteiger partial charge in [0, 0.05) is 51.3 Å². The SMILES string of the molecule is COc1ccc(C2CCN(C(=O)[C@H]3CNC[C@@H]3c3cnn(C)c3)C2)cc1.Cl. The van der Waals surface area contributed by atoms with Gasteiger partial charge in [-0.05, 0) is 29.7 Å². The molecule has 27 heavy (non-hydrogen) atoms. The second-order valence-electron chi connectivity index (χ2n) is 7.36. The van der Waals surface area contributed by atoms with Crippen molar-refractivity contribution in [1.29, 1.82) is 0 Å². The van der Waals surface area contributed by atoms with Crippen molar-refractivity contribution in [1.82, 2.24) is 20.0 Å². The molecule has 0 spiro atoms. The molecule has 6 nitrogen and oxygen atoms in total. The molecule has 0 saturated carbocycles. The number of carbonyl (C=O) groups excluding carboxylic acids is 1. The lowest BCUT2D eigenvalue weighted by atomic mass is 9.90. The fourth-order valence-corrected chi connectivity index (χ4v) is 4.26. The largest absolute Gasteiger partial charge is 0.497 e. The third-order valence-corrected chi connectivity index (χ3v) is 5.77. The molecule has 146 valence electrons. The molecular weight excluding hydrogens is 364 g/mol. The Bertz CT molecular complexity index is 777. The zero-order chi connectivity index (χ0) is 18.1. The standard InChI is InChI=1S/C20H26N4O2.ClH/c1-23-12-16(9-22-23)18-10-21-11-19(18)20(25)24-8-7-15(13-24)14-3-5-17(26-2)6-4-14;/h3-6,9,12,15,18-19,21H,7-8,10-11,13H2,1-2H3;1H/t15?,18-,19+;/m1./s1. The number of likely N-dealkylation sites (tertiary alicyclic amines) is 1. The first kappa shape index (κ1) is 19.7. The molecule has 1 unspecified atom stereocenters. The van der Waals surface area contributed by atoms with Crippen LogP contribution in [0.3, 0.4) is 0 Å². The van der Waals surface area contributed by atoms with E-state index in [9.17, 15) is 4.79 Å². The van der Waals surface area contributed by atoms with Crippen LogP contribution in [-0.2, 0) is 11.8 Å². The summed E-state index contributed by atoms with van der Waals surface area (Å²) in [5.74, 6) is 1.79. The van der Waals surface area contributed by atoms with Crippen molar-refractivity contribution in [2.45, 2.75) is 18.3 Å². The van der Waals surface area contributed by atoms with E-state index in [1.165, 1.54) is 5.56 Å². The molecule has 0 radical (unpaired) electrons. The number of methoxy groups -OCH3 is 1. The molecule has 1 amide bonds. The lowest BCUT2D eigenvalue weighted by Crippen LogP contribution is -2.37. The number of aromatic nitrogens is 2. The second-order valence-corrected chi connectivity index (χ2v) is 7.36. The highest BCUT2D eigenvalue weighted by atomic mass is 35.5. The lowest BCUT2D eigenvalue weighted by molar-refractivity contribution is -0.134. The predicted molar refractivity (Wildman–Crippen MR) is 106 cm³/mol. The predicted octanol–water partition coefficient (Wildman–Crippen LogP) is 2.17. The first-order valence-electron chi connectivity index (χ1n) is 9.27. The van der Waals surface area contributed by atoms with Crippen LogP contribution in [0.5, 0.6) is 5.75 Å².